The molecule has 1 aliphatic carbocycles. The summed E-state index contributed by atoms with van der Waals surface area (Å²) in [5.41, 5.74) is 0.711. The van der Waals surface area contributed by atoms with E-state index >= 15 is 0 Å². The number of nitrogens with one attached hydrogen (secondary N) is 1. The Morgan fingerprint density at radius 1 is 1.04 bits per heavy atom. The highest BCUT2D eigenvalue weighted by atomic mass is 16.5. The number of hydrogen-bond acceptors (Lipinski definition) is 4. The highest BCUT2D eigenvalue weighted by Crippen LogP contribution is 2.31. The molecule has 1 N–H and O–H groups in total. The molecule has 4 amide bonds. The number of carbonyl (C=O) groups excluding carboxylic acids is 3. The minimum atomic E-state index is -0.654. The van der Waals surface area contributed by atoms with Gasteiger partial charge in [0.2, 0.25) is 0 Å². The van der Waals surface area contributed by atoms with Crippen LogP contribution < -0.4 is 10.1 Å². The van der Waals surface area contributed by atoms with Crippen LogP contribution in [-0.2, 0) is 9.59 Å². The number of hydrogen-bond donors (Lipinski definition) is 1. The molecule has 2 aromatic carbocycles. The molecule has 1 aliphatic heterocycles. The maximum Gasteiger partial charge on any atom is 0.331 e. The molecule has 2 aliphatic rings. The zero-order valence-corrected chi connectivity index (χ0v) is 15.0. The third kappa shape index (κ3) is 2.97. The van der Waals surface area contributed by atoms with Gasteiger partial charge in [-0.05, 0) is 35.9 Å². The molecule has 1 saturated heterocycles. The molecule has 0 radical (unpaired) electrons. The number of carbonyl (C=O) groups is 3. The van der Waals surface area contributed by atoms with Crippen LogP contribution in [0.2, 0.25) is 0 Å². The average Bonchev–Trinajstić information content (AvgIpc) is 3.19. The Bertz CT molecular complexity index is 973. The fraction of sp³-hybridized carbons (Fsp3) is 0.286. The molecule has 27 heavy (non-hydrogen) atoms. The number of nitrogens with zero attached hydrogens (tertiary/aromatic N) is 1. The molecule has 2 fully saturated rings. The van der Waals surface area contributed by atoms with Crippen molar-refractivity contribution in [3.8, 4) is 5.75 Å². The van der Waals surface area contributed by atoms with Crippen molar-refractivity contribution in [1.29, 1.82) is 0 Å². The van der Waals surface area contributed by atoms with E-state index in [0.29, 0.717) is 0 Å². The van der Waals surface area contributed by atoms with Crippen molar-refractivity contribution in [2.24, 2.45) is 0 Å². The van der Waals surface area contributed by atoms with Crippen LogP contribution in [0.15, 0.2) is 42.0 Å². The van der Waals surface area contributed by atoms with E-state index in [1.165, 1.54) is 4.90 Å². The van der Waals surface area contributed by atoms with Crippen molar-refractivity contribution in [3.63, 3.8) is 0 Å². The normalized spacial score (nSPS) is 19.8. The van der Waals surface area contributed by atoms with Crippen LogP contribution >= 0.6 is 0 Å². The van der Waals surface area contributed by atoms with Crippen molar-refractivity contribution < 1.29 is 19.1 Å². The van der Waals surface area contributed by atoms with Crippen molar-refractivity contribution in [3.05, 3.63) is 47.5 Å². The number of amides is 4. The van der Waals surface area contributed by atoms with Crippen molar-refractivity contribution in [2.45, 2.75) is 31.7 Å². The van der Waals surface area contributed by atoms with Crippen molar-refractivity contribution >= 4 is 34.7 Å². The number of urea groups is 1. The number of methoxy groups -OCH3 is 1. The summed E-state index contributed by atoms with van der Waals surface area (Å²) < 4.78 is 5.39. The summed E-state index contributed by atoms with van der Waals surface area (Å²) in [5.74, 6) is -0.454. The summed E-state index contributed by atoms with van der Waals surface area (Å²) in [6, 6.07) is 10.5. The predicted molar refractivity (Wildman–Crippen MR) is 101 cm³/mol. The third-order valence-corrected chi connectivity index (χ3v) is 5.26. The van der Waals surface area contributed by atoms with E-state index in [-0.39, 0.29) is 11.6 Å². The lowest BCUT2D eigenvalue weighted by atomic mass is 9.99. The number of rotatable bonds is 3. The first-order valence-electron chi connectivity index (χ1n) is 9.06. The summed E-state index contributed by atoms with van der Waals surface area (Å²) in [7, 11) is 1.60. The Morgan fingerprint density at radius 3 is 2.44 bits per heavy atom. The van der Waals surface area contributed by atoms with Crippen molar-refractivity contribution in [1.82, 2.24) is 10.2 Å². The van der Waals surface area contributed by atoms with Crippen LogP contribution in [0.1, 0.15) is 31.2 Å². The van der Waals surface area contributed by atoms with Crippen LogP contribution in [0.3, 0.4) is 0 Å². The molecule has 0 unspecified atom stereocenters. The first-order valence-corrected chi connectivity index (χ1v) is 9.06. The molecule has 4 rings (SSSR count). The Kier molecular flexibility index (Phi) is 4.39. The van der Waals surface area contributed by atoms with Gasteiger partial charge in [0, 0.05) is 11.4 Å². The first-order chi connectivity index (χ1) is 13.1. The van der Waals surface area contributed by atoms with Gasteiger partial charge in [0.05, 0.1) is 7.11 Å². The van der Waals surface area contributed by atoms with Gasteiger partial charge >= 0.3 is 6.03 Å². The van der Waals surface area contributed by atoms with E-state index in [2.05, 4.69) is 5.32 Å². The lowest BCUT2D eigenvalue weighted by molar-refractivity contribution is -0.131. The predicted octanol–water partition coefficient (Wildman–Crippen LogP) is 3.25. The summed E-state index contributed by atoms with van der Waals surface area (Å²) in [4.78, 5) is 38.8. The van der Waals surface area contributed by atoms with Crippen LogP contribution in [0.4, 0.5) is 4.79 Å². The second kappa shape index (κ2) is 6.87. The molecule has 6 heteroatoms. The molecule has 0 bridgehead atoms. The van der Waals surface area contributed by atoms with Gasteiger partial charge in [0.25, 0.3) is 11.8 Å². The quantitative estimate of drug-likeness (QED) is 0.670. The van der Waals surface area contributed by atoms with Crippen LogP contribution in [0.25, 0.3) is 16.8 Å². The third-order valence-electron chi connectivity index (χ3n) is 5.26. The van der Waals surface area contributed by atoms with Gasteiger partial charge in [-0.2, -0.15) is 0 Å². The van der Waals surface area contributed by atoms with Crippen LogP contribution in [0, 0.1) is 0 Å². The van der Waals surface area contributed by atoms with E-state index in [0.717, 1.165) is 47.8 Å². The van der Waals surface area contributed by atoms with Gasteiger partial charge in [0.15, 0.2) is 0 Å². The molecular formula is C21H20N2O4. The maximum atomic E-state index is 12.9. The number of imide groups is 2. The minimum Gasteiger partial charge on any atom is -0.496 e. The molecule has 0 atom stereocenters. The zero-order chi connectivity index (χ0) is 19.0. The zero-order valence-electron chi connectivity index (χ0n) is 15.0. The molecular weight excluding hydrogens is 344 g/mol. The Labute approximate surface area is 156 Å². The standard InChI is InChI=1S/C21H20N2O4/c1-27-18-11-10-13(15-8-4-5-9-16(15)18)12-17-19(24)22-21(26)23(20(17)25)14-6-2-3-7-14/h4-5,8-12,14H,2-3,6-7H2,1H3,(H,22,24,26)/b17-12-. The molecule has 2 aromatic rings. The minimum absolute atomic E-state index is 0.0168. The van der Waals surface area contributed by atoms with Gasteiger partial charge < -0.3 is 4.74 Å². The molecule has 1 saturated carbocycles. The SMILES string of the molecule is COc1ccc(/C=C2/C(=O)NC(=O)N(C3CCCC3)C2=O)c2ccccc12. The first kappa shape index (κ1) is 17.3. The van der Waals surface area contributed by atoms with E-state index in [1.807, 2.05) is 30.3 Å². The van der Waals surface area contributed by atoms with Crippen molar-refractivity contribution in [2.75, 3.05) is 7.11 Å². The highest BCUT2D eigenvalue weighted by Gasteiger charge is 2.40. The smallest absolute Gasteiger partial charge is 0.331 e. The Balaban J connectivity index is 1.78. The van der Waals surface area contributed by atoms with Gasteiger partial charge in [0.1, 0.15) is 11.3 Å². The van der Waals surface area contributed by atoms with E-state index in [1.54, 1.807) is 19.3 Å². The Morgan fingerprint density at radius 2 is 1.74 bits per heavy atom. The molecule has 1 heterocycles. The summed E-state index contributed by atoms with van der Waals surface area (Å²) in [6.45, 7) is 0. The second-order valence-corrected chi connectivity index (χ2v) is 6.83. The summed E-state index contributed by atoms with van der Waals surface area (Å²) in [5, 5.41) is 4.07. The van der Waals surface area contributed by atoms with Crippen LogP contribution in [-0.4, -0.2) is 35.9 Å². The molecule has 138 valence electrons. The molecule has 0 aromatic heterocycles. The molecule has 6 nitrogen and oxygen atoms in total. The topological polar surface area (TPSA) is 75.7 Å². The Hall–Kier alpha value is -3.15. The average molecular weight is 364 g/mol. The highest BCUT2D eigenvalue weighted by molar-refractivity contribution is 6.31. The molecule has 0 spiro atoms. The lowest BCUT2D eigenvalue weighted by Crippen LogP contribution is -2.57. The summed E-state index contributed by atoms with van der Waals surface area (Å²) >= 11 is 0. The van der Waals surface area contributed by atoms with Crippen LogP contribution in [0.5, 0.6) is 5.75 Å². The van der Waals surface area contributed by atoms with Gasteiger partial charge in [-0.1, -0.05) is 43.2 Å². The van der Waals surface area contributed by atoms with Gasteiger partial charge in [-0.15, -0.1) is 0 Å². The van der Waals surface area contributed by atoms with Gasteiger partial charge in [-0.25, -0.2) is 4.79 Å². The van der Waals surface area contributed by atoms with E-state index < -0.39 is 17.8 Å². The van der Waals surface area contributed by atoms with E-state index in [4.69, 9.17) is 4.74 Å². The number of benzene rings is 2. The fourth-order valence-electron chi connectivity index (χ4n) is 3.92. The lowest BCUT2D eigenvalue weighted by Gasteiger charge is -2.31. The summed E-state index contributed by atoms with van der Waals surface area (Å²) in [6.07, 6.45) is 5.10. The number of fused-ring (bicyclic) bond motifs is 1. The maximum absolute atomic E-state index is 12.9. The largest absolute Gasteiger partial charge is 0.496 e. The monoisotopic (exact) mass is 364 g/mol. The van der Waals surface area contributed by atoms with E-state index in [9.17, 15) is 14.4 Å². The second-order valence-electron chi connectivity index (χ2n) is 6.83. The number of barbiturate groups is 1. The fourth-order valence-corrected chi connectivity index (χ4v) is 3.92. The number of ether oxygens (including phenoxy) is 1. The van der Waals surface area contributed by atoms with Gasteiger partial charge in [-0.3, -0.25) is 19.8 Å².